The highest BCUT2D eigenvalue weighted by Gasteiger charge is 2.26. The number of piperazine rings is 1. The van der Waals surface area contributed by atoms with E-state index >= 15 is 0 Å². The zero-order valence-corrected chi connectivity index (χ0v) is 23.7. The van der Waals surface area contributed by atoms with Crippen LogP contribution in [0.4, 0.5) is 16.0 Å². The maximum absolute atomic E-state index is 13.4. The van der Waals surface area contributed by atoms with Crippen molar-refractivity contribution >= 4 is 51.8 Å². The Morgan fingerprint density at radius 1 is 0.905 bits per heavy atom. The molecule has 11 heteroatoms. The first-order valence-corrected chi connectivity index (χ1v) is 14.3. The minimum absolute atomic E-state index is 0.174. The van der Waals surface area contributed by atoms with Crippen molar-refractivity contribution in [2.75, 3.05) is 31.1 Å². The number of anilines is 1. The van der Waals surface area contributed by atoms with Crippen molar-refractivity contribution in [1.29, 1.82) is 0 Å². The van der Waals surface area contributed by atoms with E-state index in [1.54, 1.807) is 35.2 Å². The summed E-state index contributed by atoms with van der Waals surface area (Å²) in [5.74, 6) is -0.104. The molecule has 0 N–H and O–H groups in total. The van der Waals surface area contributed by atoms with E-state index in [4.69, 9.17) is 21.6 Å². The van der Waals surface area contributed by atoms with Gasteiger partial charge in [-0.15, -0.1) is 0 Å². The molecule has 0 bridgehead atoms. The third-order valence-electron chi connectivity index (χ3n) is 6.99. The fourth-order valence-electron chi connectivity index (χ4n) is 4.85. The minimum Gasteiger partial charge on any atom is -0.337 e. The van der Waals surface area contributed by atoms with E-state index in [9.17, 15) is 19.3 Å². The number of nitrogens with zero attached hydrogens (tertiary/aromatic N) is 5. The molecule has 0 atom stereocenters. The summed E-state index contributed by atoms with van der Waals surface area (Å²) >= 11 is 7.43. The summed E-state index contributed by atoms with van der Waals surface area (Å²) in [7, 11) is 0. The summed E-state index contributed by atoms with van der Waals surface area (Å²) in [6, 6.07) is 25.6. The molecule has 6 rings (SSSR count). The van der Waals surface area contributed by atoms with Crippen LogP contribution < -0.4 is 4.90 Å². The van der Waals surface area contributed by atoms with Crippen molar-refractivity contribution in [1.82, 2.24) is 14.9 Å². The van der Waals surface area contributed by atoms with Gasteiger partial charge in [0, 0.05) is 58.7 Å². The minimum atomic E-state index is -0.505. The van der Waals surface area contributed by atoms with Crippen LogP contribution in [0, 0.1) is 15.9 Å². The Balaban J connectivity index is 1.20. The number of nitro benzene ring substituents is 1. The number of amides is 1. The van der Waals surface area contributed by atoms with Crippen molar-refractivity contribution in [3.63, 3.8) is 0 Å². The lowest BCUT2D eigenvalue weighted by atomic mass is 10.1. The Morgan fingerprint density at radius 2 is 1.64 bits per heavy atom. The summed E-state index contributed by atoms with van der Waals surface area (Å²) in [6.07, 6.45) is 0. The van der Waals surface area contributed by atoms with Gasteiger partial charge in [-0.1, -0.05) is 53.7 Å². The van der Waals surface area contributed by atoms with Gasteiger partial charge in [0.15, 0.2) is 0 Å². The molecule has 0 spiro atoms. The lowest BCUT2D eigenvalue weighted by Gasteiger charge is -2.35. The number of carbonyl (C=O) groups is 1. The SMILES string of the molecule is O=C(c1ccc(Sc2ccc(F)cc2)c([N+](=O)[O-])c1)N1CCN(c2nc(-c3ccccc3)c3cc(Cl)ccc3n2)CC1. The lowest BCUT2D eigenvalue weighted by molar-refractivity contribution is -0.387. The van der Waals surface area contributed by atoms with Gasteiger partial charge in [0.2, 0.25) is 5.95 Å². The number of fused-ring (bicyclic) bond motifs is 1. The first-order chi connectivity index (χ1) is 20.4. The molecule has 42 heavy (non-hydrogen) atoms. The molecule has 1 fully saturated rings. The van der Waals surface area contributed by atoms with E-state index in [2.05, 4.69) is 0 Å². The summed E-state index contributed by atoms with van der Waals surface area (Å²) in [5, 5.41) is 13.3. The van der Waals surface area contributed by atoms with Crippen LogP contribution in [-0.4, -0.2) is 51.9 Å². The van der Waals surface area contributed by atoms with Crippen molar-refractivity contribution in [3.8, 4) is 11.3 Å². The van der Waals surface area contributed by atoms with Gasteiger partial charge in [-0.2, -0.15) is 0 Å². The smallest absolute Gasteiger partial charge is 0.284 e. The monoisotopic (exact) mass is 599 g/mol. The normalized spacial score (nSPS) is 13.4. The maximum Gasteiger partial charge on any atom is 0.284 e. The van der Waals surface area contributed by atoms with Crippen LogP contribution in [-0.2, 0) is 0 Å². The molecule has 8 nitrogen and oxygen atoms in total. The van der Waals surface area contributed by atoms with E-state index in [1.807, 2.05) is 47.4 Å². The van der Waals surface area contributed by atoms with Crippen LogP contribution in [0.15, 0.2) is 101 Å². The largest absolute Gasteiger partial charge is 0.337 e. The van der Waals surface area contributed by atoms with E-state index in [1.165, 1.54) is 18.2 Å². The number of halogens is 2. The predicted octanol–water partition coefficient (Wildman–Crippen LogP) is 7.11. The van der Waals surface area contributed by atoms with Crippen molar-refractivity contribution in [2.24, 2.45) is 0 Å². The lowest BCUT2D eigenvalue weighted by Crippen LogP contribution is -2.49. The molecule has 0 unspecified atom stereocenters. The Labute approximate surface area is 249 Å². The Bertz CT molecular complexity index is 1800. The summed E-state index contributed by atoms with van der Waals surface area (Å²) in [4.78, 5) is 39.1. The number of hydrogen-bond donors (Lipinski definition) is 0. The van der Waals surface area contributed by atoms with Crippen LogP contribution >= 0.6 is 23.4 Å². The van der Waals surface area contributed by atoms with Crippen LogP contribution in [0.2, 0.25) is 5.02 Å². The van der Waals surface area contributed by atoms with Gasteiger partial charge in [0.25, 0.3) is 11.6 Å². The summed E-state index contributed by atoms with van der Waals surface area (Å²) < 4.78 is 13.3. The molecule has 0 saturated carbocycles. The fraction of sp³-hybridized carbons (Fsp3) is 0.129. The third kappa shape index (κ3) is 5.77. The molecule has 0 aliphatic carbocycles. The second-order valence-corrected chi connectivity index (χ2v) is 11.2. The molecule has 5 aromatic rings. The molecular weight excluding hydrogens is 577 g/mol. The quantitative estimate of drug-likeness (QED) is 0.152. The number of benzene rings is 4. The molecule has 1 amide bonds. The fourth-order valence-corrected chi connectivity index (χ4v) is 5.92. The average molecular weight is 600 g/mol. The molecule has 0 radical (unpaired) electrons. The highest BCUT2D eigenvalue weighted by atomic mass is 35.5. The van der Waals surface area contributed by atoms with Gasteiger partial charge in [0.1, 0.15) is 5.82 Å². The zero-order valence-electron chi connectivity index (χ0n) is 22.1. The van der Waals surface area contributed by atoms with Crippen LogP contribution in [0.25, 0.3) is 22.2 Å². The predicted molar refractivity (Wildman–Crippen MR) is 162 cm³/mol. The molecule has 1 aliphatic heterocycles. The van der Waals surface area contributed by atoms with Crippen LogP contribution in [0.5, 0.6) is 0 Å². The number of nitro groups is 1. The maximum atomic E-state index is 13.4. The molecular formula is C31H23ClFN5O3S. The zero-order chi connectivity index (χ0) is 29.2. The van der Waals surface area contributed by atoms with E-state index < -0.39 is 4.92 Å². The standard InChI is InChI=1S/C31H23ClFN5O3S/c32-22-7-12-26-25(19-22)29(20-4-2-1-3-5-20)35-31(34-26)37-16-14-36(15-17-37)30(39)21-6-13-28(27(18-21)38(40)41)42-24-10-8-23(33)9-11-24/h1-13,18-19H,14-17H2. The Kier molecular flexibility index (Phi) is 7.73. The molecule has 1 saturated heterocycles. The second kappa shape index (κ2) is 11.8. The van der Waals surface area contributed by atoms with Crippen molar-refractivity contribution in [2.45, 2.75) is 9.79 Å². The van der Waals surface area contributed by atoms with E-state index in [0.29, 0.717) is 46.9 Å². The van der Waals surface area contributed by atoms with Gasteiger partial charge in [-0.3, -0.25) is 14.9 Å². The molecule has 210 valence electrons. The van der Waals surface area contributed by atoms with Crippen LogP contribution in [0.1, 0.15) is 10.4 Å². The van der Waals surface area contributed by atoms with Crippen molar-refractivity contribution < 1.29 is 14.1 Å². The van der Waals surface area contributed by atoms with E-state index in [0.717, 1.165) is 33.9 Å². The summed E-state index contributed by atoms with van der Waals surface area (Å²) in [6.45, 7) is 1.81. The number of rotatable bonds is 6. The summed E-state index contributed by atoms with van der Waals surface area (Å²) in [5.41, 5.74) is 2.57. The highest BCUT2D eigenvalue weighted by Crippen LogP contribution is 2.36. The average Bonchev–Trinajstić information content (AvgIpc) is 3.02. The van der Waals surface area contributed by atoms with Gasteiger partial charge in [0.05, 0.1) is 21.0 Å². The van der Waals surface area contributed by atoms with Crippen LogP contribution in [0.3, 0.4) is 0 Å². The van der Waals surface area contributed by atoms with Gasteiger partial charge in [-0.05, 0) is 54.6 Å². The van der Waals surface area contributed by atoms with E-state index in [-0.39, 0.29) is 23.0 Å². The number of carbonyl (C=O) groups excluding carboxylic acids is 1. The molecule has 1 aliphatic rings. The number of hydrogen-bond acceptors (Lipinski definition) is 7. The topological polar surface area (TPSA) is 92.5 Å². The Morgan fingerprint density at radius 3 is 2.36 bits per heavy atom. The van der Waals surface area contributed by atoms with Gasteiger partial charge < -0.3 is 9.80 Å². The van der Waals surface area contributed by atoms with Gasteiger partial charge in [-0.25, -0.2) is 14.4 Å². The third-order valence-corrected chi connectivity index (χ3v) is 8.30. The van der Waals surface area contributed by atoms with Crippen molar-refractivity contribution in [3.05, 3.63) is 118 Å². The molecule has 1 aromatic heterocycles. The second-order valence-electron chi connectivity index (χ2n) is 9.67. The number of aromatic nitrogens is 2. The van der Waals surface area contributed by atoms with Gasteiger partial charge >= 0.3 is 0 Å². The first-order valence-electron chi connectivity index (χ1n) is 13.1. The first kappa shape index (κ1) is 27.6. The Hall–Kier alpha value is -4.54. The molecule has 2 heterocycles. The highest BCUT2D eigenvalue weighted by molar-refractivity contribution is 7.99. The molecule has 4 aromatic carbocycles.